The number of fused-ring (bicyclic) bond motifs is 2. The Kier molecular flexibility index (Phi) is 5.09. The molecule has 0 radical (unpaired) electrons. The highest BCUT2D eigenvalue weighted by atomic mass is 32.2. The lowest BCUT2D eigenvalue weighted by molar-refractivity contribution is -0.130. The second-order valence-corrected chi connectivity index (χ2v) is 10.1. The molecule has 0 saturated heterocycles. The molecule has 1 amide bonds. The van der Waals surface area contributed by atoms with E-state index in [2.05, 4.69) is 33.9 Å². The minimum absolute atomic E-state index is 0.106. The highest BCUT2D eigenvalue weighted by Gasteiger charge is 2.28. The Balaban J connectivity index is 1.52. The first-order valence-corrected chi connectivity index (χ1v) is 12.7. The fraction of sp³-hybridized carbons (Fsp3) is 0.360. The van der Waals surface area contributed by atoms with E-state index in [-0.39, 0.29) is 5.91 Å². The molecule has 3 aromatic heterocycles. The van der Waals surface area contributed by atoms with Crippen LogP contribution >= 0.6 is 11.8 Å². The molecule has 6 rings (SSSR count). The van der Waals surface area contributed by atoms with Crippen LogP contribution in [0.15, 0.2) is 36.7 Å². The van der Waals surface area contributed by atoms with E-state index in [4.69, 9.17) is 10.1 Å². The van der Waals surface area contributed by atoms with Crippen LogP contribution in [0, 0.1) is 0 Å². The van der Waals surface area contributed by atoms with Gasteiger partial charge in [-0.25, -0.2) is 4.98 Å². The van der Waals surface area contributed by atoms with Crippen LogP contribution in [0.5, 0.6) is 0 Å². The SMILES string of the molecule is CC(=O)N1CCn2c(C3=CCSCC3)nc(-c3ccc4c(c3)c(-c3cnn(C)c3)nn4C)c2C1. The fourth-order valence-electron chi connectivity index (χ4n) is 5.01. The summed E-state index contributed by atoms with van der Waals surface area (Å²) < 4.78 is 6.05. The number of nitrogens with zero attached hydrogens (tertiary/aromatic N) is 7. The molecule has 2 aliphatic heterocycles. The van der Waals surface area contributed by atoms with Gasteiger partial charge in [-0.2, -0.15) is 22.0 Å². The molecule has 0 aliphatic carbocycles. The number of amides is 1. The van der Waals surface area contributed by atoms with Crippen LogP contribution in [0.25, 0.3) is 39.0 Å². The Morgan fingerprint density at radius 1 is 1.12 bits per heavy atom. The van der Waals surface area contributed by atoms with E-state index in [0.29, 0.717) is 6.54 Å². The average Bonchev–Trinajstić information content (AvgIpc) is 3.54. The van der Waals surface area contributed by atoms with Gasteiger partial charge >= 0.3 is 0 Å². The molecule has 0 fully saturated rings. The predicted octanol–water partition coefficient (Wildman–Crippen LogP) is 3.72. The lowest BCUT2D eigenvalue weighted by Crippen LogP contribution is -2.37. The maximum atomic E-state index is 12.2. The molecule has 0 atom stereocenters. The monoisotopic (exact) mass is 473 g/mol. The number of carbonyl (C=O) groups is 1. The highest BCUT2D eigenvalue weighted by molar-refractivity contribution is 7.99. The van der Waals surface area contributed by atoms with Gasteiger partial charge in [-0.3, -0.25) is 14.2 Å². The normalized spacial score (nSPS) is 16.1. The maximum absolute atomic E-state index is 12.2. The molecule has 34 heavy (non-hydrogen) atoms. The number of thioether (sulfide) groups is 1. The summed E-state index contributed by atoms with van der Waals surface area (Å²) in [5, 5.41) is 10.2. The van der Waals surface area contributed by atoms with Crippen LogP contribution in [0.3, 0.4) is 0 Å². The standard InChI is InChI=1S/C25H27N7OS/c1-16(33)31-8-9-32-22(15-31)24(27-25(32)17-6-10-34-11-7-17)18-4-5-21-20(12-18)23(28-30(21)3)19-13-26-29(2)14-19/h4-6,12-14H,7-11,15H2,1-3H3. The number of allylic oxidation sites excluding steroid dienone is 1. The Morgan fingerprint density at radius 3 is 2.74 bits per heavy atom. The molecule has 4 aromatic rings. The van der Waals surface area contributed by atoms with Crippen molar-refractivity contribution in [3.63, 3.8) is 0 Å². The lowest BCUT2D eigenvalue weighted by Gasteiger charge is -2.29. The summed E-state index contributed by atoms with van der Waals surface area (Å²) in [5.74, 6) is 3.32. The first-order chi connectivity index (χ1) is 16.5. The molecule has 2 aliphatic rings. The largest absolute Gasteiger partial charge is 0.335 e. The molecular weight excluding hydrogens is 446 g/mol. The van der Waals surface area contributed by atoms with E-state index in [0.717, 1.165) is 76.0 Å². The molecular formula is C25H27N7OS. The molecule has 5 heterocycles. The Bertz CT molecular complexity index is 1460. The number of hydrogen-bond donors (Lipinski definition) is 0. The molecule has 1 aromatic carbocycles. The van der Waals surface area contributed by atoms with Crippen molar-refractivity contribution >= 4 is 34.1 Å². The van der Waals surface area contributed by atoms with Crippen LogP contribution in [0.4, 0.5) is 0 Å². The van der Waals surface area contributed by atoms with Gasteiger partial charge in [-0.05, 0) is 29.9 Å². The van der Waals surface area contributed by atoms with Crippen molar-refractivity contribution in [2.24, 2.45) is 14.1 Å². The van der Waals surface area contributed by atoms with Gasteiger partial charge in [0, 0.05) is 62.6 Å². The Morgan fingerprint density at radius 2 is 2.00 bits per heavy atom. The van der Waals surface area contributed by atoms with Gasteiger partial charge in [0.1, 0.15) is 11.5 Å². The molecule has 9 heteroatoms. The van der Waals surface area contributed by atoms with E-state index in [1.807, 2.05) is 47.8 Å². The molecule has 0 saturated carbocycles. The molecule has 174 valence electrons. The van der Waals surface area contributed by atoms with Gasteiger partial charge in [0.15, 0.2) is 0 Å². The first kappa shape index (κ1) is 21.2. The van der Waals surface area contributed by atoms with Crippen molar-refractivity contribution in [3.05, 3.63) is 48.2 Å². The van der Waals surface area contributed by atoms with E-state index >= 15 is 0 Å². The molecule has 0 unspecified atom stereocenters. The van der Waals surface area contributed by atoms with E-state index < -0.39 is 0 Å². The number of aromatic nitrogens is 6. The summed E-state index contributed by atoms with van der Waals surface area (Å²) >= 11 is 1.96. The van der Waals surface area contributed by atoms with Crippen LogP contribution in [0.2, 0.25) is 0 Å². The third-order valence-corrected chi connectivity index (χ3v) is 7.70. The van der Waals surface area contributed by atoms with Gasteiger partial charge < -0.3 is 9.47 Å². The zero-order chi connectivity index (χ0) is 23.4. The van der Waals surface area contributed by atoms with Gasteiger partial charge in [-0.1, -0.05) is 12.1 Å². The van der Waals surface area contributed by atoms with Crippen molar-refractivity contribution in [1.82, 2.24) is 34.0 Å². The molecule has 0 N–H and O–H groups in total. The van der Waals surface area contributed by atoms with E-state index in [1.165, 1.54) is 5.57 Å². The molecule has 0 spiro atoms. The number of aryl methyl sites for hydroxylation is 2. The maximum Gasteiger partial charge on any atom is 0.219 e. The third-order valence-electron chi connectivity index (χ3n) is 6.80. The second-order valence-electron chi connectivity index (χ2n) is 8.98. The summed E-state index contributed by atoms with van der Waals surface area (Å²) in [6, 6.07) is 6.43. The topological polar surface area (TPSA) is 73.8 Å². The third kappa shape index (κ3) is 3.46. The van der Waals surface area contributed by atoms with Crippen LogP contribution in [0.1, 0.15) is 24.9 Å². The number of hydrogen-bond acceptors (Lipinski definition) is 5. The summed E-state index contributed by atoms with van der Waals surface area (Å²) in [6.07, 6.45) is 7.19. The minimum Gasteiger partial charge on any atom is -0.335 e. The van der Waals surface area contributed by atoms with Crippen molar-refractivity contribution in [3.8, 4) is 22.5 Å². The van der Waals surface area contributed by atoms with E-state index in [1.54, 1.807) is 11.6 Å². The molecule has 0 bridgehead atoms. The number of benzene rings is 1. The zero-order valence-electron chi connectivity index (χ0n) is 19.7. The van der Waals surface area contributed by atoms with E-state index in [9.17, 15) is 4.79 Å². The number of carbonyl (C=O) groups excluding carboxylic acids is 1. The van der Waals surface area contributed by atoms with Crippen LogP contribution < -0.4 is 0 Å². The predicted molar refractivity (Wildman–Crippen MR) is 135 cm³/mol. The number of imidazole rings is 1. The first-order valence-electron chi connectivity index (χ1n) is 11.6. The van der Waals surface area contributed by atoms with Crippen LogP contribution in [-0.4, -0.2) is 58.0 Å². The van der Waals surface area contributed by atoms with Gasteiger partial charge in [0.2, 0.25) is 5.91 Å². The second kappa shape index (κ2) is 8.16. The Hall–Kier alpha value is -3.33. The summed E-state index contributed by atoms with van der Waals surface area (Å²) in [6.45, 7) is 3.73. The Labute approximate surface area is 202 Å². The van der Waals surface area contributed by atoms with Gasteiger partial charge in [0.25, 0.3) is 0 Å². The van der Waals surface area contributed by atoms with Gasteiger partial charge in [-0.15, -0.1) is 0 Å². The summed E-state index contributed by atoms with van der Waals surface area (Å²) in [4.78, 5) is 19.3. The average molecular weight is 474 g/mol. The highest BCUT2D eigenvalue weighted by Crippen LogP contribution is 2.36. The number of rotatable bonds is 3. The van der Waals surface area contributed by atoms with Crippen molar-refractivity contribution in [1.29, 1.82) is 0 Å². The van der Waals surface area contributed by atoms with Crippen molar-refractivity contribution < 1.29 is 4.79 Å². The summed E-state index contributed by atoms with van der Waals surface area (Å²) in [5.41, 5.74) is 7.42. The fourth-order valence-corrected chi connectivity index (χ4v) is 5.86. The van der Waals surface area contributed by atoms with Crippen LogP contribution in [-0.2, 0) is 32.0 Å². The van der Waals surface area contributed by atoms with Crippen molar-refractivity contribution in [2.45, 2.75) is 26.4 Å². The smallest absolute Gasteiger partial charge is 0.219 e. The zero-order valence-corrected chi connectivity index (χ0v) is 20.5. The molecule has 8 nitrogen and oxygen atoms in total. The van der Waals surface area contributed by atoms with Gasteiger partial charge in [0.05, 0.1) is 29.6 Å². The lowest BCUT2D eigenvalue weighted by atomic mass is 10.0. The van der Waals surface area contributed by atoms with Crippen molar-refractivity contribution in [2.75, 3.05) is 18.1 Å². The minimum atomic E-state index is 0.106. The summed E-state index contributed by atoms with van der Waals surface area (Å²) in [7, 11) is 3.88. The quantitative estimate of drug-likeness (QED) is 0.453.